The van der Waals surface area contributed by atoms with Gasteiger partial charge in [-0.15, -0.1) is 12.4 Å². The highest BCUT2D eigenvalue weighted by Crippen LogP contribution is 2.36. The van der Waals surface area contributed by atoms with Gasteiger partial charge in [-0.2, -0.15) is 0 Å². The van der Waals surface area contributed by atoms with Crippen molar-refractivity contribution in [2.45, 2.75) is 18.6 Å². The van der Waals surface area contributed by atoms with Gasteiger partial charge >= 0.3 is 0 Å². The summed E-state index contributed by atoms with van der Waals surface area (Å²) in [5, 5.41) is 0.416. The summed E-state index contributed by atoms with van der Waals surface area (Å²) in [6, 6.07) is 10.8. The summed E-state index contributed by atoms with van der Waals surface area (Å²) in [6.45, 7) is -0.0590. The Bertz CT molecular complexity index is 757. The maximum Gasteiger partial charge on any atom is 0.240 e. The molecule has 2 aromatic carbocycles. The summed E-state index contributed by atoms with van der Waals surface area (Å²) in [5.74, 6) is -1.20. The van der Waals surface area contributed by atoms with Crippen molar-refractivity contribution < 1.29 is 13.6 Å². The van der Waals surface area contributed by atoms with Crippen LogP contribution < -0.4 is 10.6 Å². The van der Waals surface area contributed by atoms with Gasteiger partial charge in [0.15, 0.2) is 5.82 Å². The van der Waals surface area contributed by atoms with Gasteiger partial charge in [0.25, 0.3) is 0 Å². The van der Waals surface area contributed by atoms with E-state index in [1.165, 1.54) is 11.0 Å². The number of alkyl halides is 1. The van der Waals surface area contributed by atoms with Crippen LogP contribution in [-0.4, -0.2) is 24.7 Å². The third-order valence-electron chi connectivity index (χ3n) is 4.03. The summed E-state index contributed by atoms with van der Waals surface area (Å²) < 4.78 is 28.7. The Balaban J connectivity index is 0.00000208. The van der Waals surface area contributed by atoms with E-state index in [1.807, 2.05) is 0 Å². The number of halogens is 4. The standard InChI is InChI=1S/C17H15ClF2N2O.ClH/c18-13-6-2-1-4-11(13)12-5-3-7-14(16(12)20)22-9-10(19)8-15(22)17(21)23;/h1-7,10,15H,8-9H2,(H2,21,23);1H. The van der Waals surface area contributed by atoms with Crippen LogP contribution in [0.3, 0.4) is 0 Å². The molecule has 0 spiro atoms. The van der Waals surface area contributed by atoms with E-state index in [0.29, 0.717) is 16.1 Å². The van der Waals surface area contributed by atoms with Crippen molar-refractivity contribution in [2.75, 3.05) is 11.4 Å². The molecule has 24 heavy (non-hydrogen) atoms. The molecular weight excluding hydrogens is 357 g/mol. The molecule has 0 saturated carbocycles. The van der Waals surface area contributed by atoms with Gasteiger partial charge < -0.3 is 10.6 Å². The number of carbonyl (C=O) groups is 1. The van der Waals surface area contributed by atoms with Crippen molar-refractivity contribution in [3.8, 4) is 11.1 Å². The number of hydrogen-bond donors (Lipinski definition) is 1. The number of anilines is 1. The molecule has 7 heteroatoms. The molecule has 2 aromatic rings. The highest BCUT2D eigenvalue weighted by molar-refractivity contribution is 6.33. The zero-order chi connectivity index (χ0) is 16.6. The smallest absolute Gasteiger partial charge is 0.240 e. The molecule has 0 aromatic heterocycles. The Morgan fingerprint density at radius 2 is 1.83 bits per heavy atom. The van der Waals surface area contributed by atoms with E-state index >= 15 is 0 Å². The number of rotatable bonds is 3. The lowest BCUT2D eigenvalue weighted by Crippen LogP contribution is -2.40. The number of nitrogens with two attached hydrogens (primary N) is 1. The van der Waals surface area contributed by atoms with Crippen LogP contribution >= 0.6 is 24.0 Å². The second-order valence-corrected chi connectivity index (χ2v) is 5.93. The third kappa shape index (κ3) is 3.32. The van der Waals surface area contributed by atoms with Crippen LogP contribution in [0, 0.1) is 5.82 Å². The molecule has 0 aliphatic carbocycles. The van der Waals surface area contributed by atoms with E-state index in [0.717, 1.165) is 0 Å². The molecular formula is C17H16Cl2F2N2O. The predicted octanol–water partition coefficient (Wildman–Crippen LogP) is 3.97. The molecule has 1 saturated heterocycles. The maximum atomic E-state index is 15.0. The fourth-order valence-electron chi connectivity index (χ4n) is 2.95. The number of hydrogen-bond acceptors (Lipinski definition) is 2. The molecule has 0 radical (unpaired) electrons. The maximum absolute atomic E-state index is 15.0. The van der Waals surface area contributed by atoms with Crippen molar-refractivity contribution in [2.24, 2.45) is 5.73 Å². The summed E-state index contributed by atoms with van der Waals surface area (Å²) >= 11 is 6.13. The molecule has 1 heterocycles. The van der Waals surface area contributed by atoms with Gasteiger partial charge in [0, 0.05) is 22.6 Å². The monoisotopic (exact) mass is 372 g/mol. The fourth-order valence-corrected chi connectivity index (χ4v) is 3.19. The van der Waals surface area contributed by atoms with Gasteiger partial charge in [0.05, 0.1) is 12.2 Å². The van der Waals surface area contributed by atoms with Gasteiger partial charge in [-0.1, -0.05) is 41.9 Å². The van der Waals surface area contributed by atoms with Crippen molar-refractivity contribution in [3.63, 3.8) is 0 Å². The molecule has 0 bridgehead atoms. The highest BCUT2D eigenvalue weighted by atomic mass is 35.5. The summed E-state index contributed by atoms with van der Waals surface area (Å²) in [7, 11) is 0. The molecule has 3 rings (SSSR count). The van der Waals surface area contributed by atoms with E-state index in [-0.39, 0.29) is 31.1 Å². The topological polar surface area (TPSA) is 46.3 Å². The van der Waals surface area contributed by atoms with Crippen LogP contribution in [0.15, 0.2) is 42.5 Å². The SMILES string of the molecule is Cl.NC(=O)C1CC(F)CN1c1cccc(-c2ccccc2Cl)c1F. The Labute approximate surface area is 149 Å². The minimum atomic E-state index is -1.21. The van der Waals surface area contributed by atoms with Crippen molar-refractivity contribution in [3.05, 3.63) is 53.3 Å². The molecule has 1 aliphatic rings. The lowest BCUT2D eigenvalue weighted by atomic mass is 10.0. The Hall–Kier alpha value is -1.85. The van der Waals surface area contributed by atoms with Crippen LogP contribution in [0.1, 0.15) is 6.42 Å². The van der Waals surface area contributed by atoms with E-state index in [9.17, 15) is 13.6 Å². The summed E-state index contributed by atoms with van der Waals surface area (Å²) in [6.07, 6.45) is -1.23. The van der Waals surface area contributed by atoms with Gasteiger partial charge in [-0.3, -0.25) is 4.79 Å². The lowest BCUT2D eigenvalue weighted by molar-refractivity contribution is -0.119. The zero-order valence-electron chi connectivity index (χ0n) is 12.6. The minimum absolute atomic E-state index is 0. The first-order chi connectivity index (χ1) is 11.0. The number of amides is 1. The van der Waals surface area contributed by atoms with Gasteiger partial charge in [0.2, 0.25) is 5.91 Å². The van der Waals surface area contributed by atoms with Crippen LogP contribution in [0.4, 0.5) is 14.5 Å². The number of benzene rings is 2. The number of nitrogens with zero attached hydrogens (tertiary/aromatic N) is 1. The molecule has 2 N–H and O–H groups in total. The minimum Gasteiger partial charge on any atom is -0.368 e. The quantitative estimate of drug-likeness (QED) is 0.885. The average molecular weight is 373 g/mol. The van der Waals surface area contributed by atoms with E-state index < -0.39 is 23.9 Å². The first kappa shape index (κ1) is 18.5. The first-order valence-electron chi connectivity index (χ1n) is 7.22. The van der Waals surface area contributed by atoms with Gasteiger partial charge in [-0.05, 0) is 12.1 Å². The van der Waals surface area contributed by atoms with Crippen molar-refractivity contribution in [1.29, 1.82) is 0 Å². The number of primary amides is 1. The molecule has 2 atom stereocenters. The van der Waals surface area contributed by atoms with Crippen LogP contribution in [0.2, 0.25) is 5.02 Å². The Kier molecular flexibility index (Phi) is 5.67. The van der Waals surface area contributed by atoms with E-state index in [4.69, 9.17) is 17.3 Å². The Morgan fingerprint density at radius 1 is 1.17 bits per heavy atom. The zero-order valence-corrected chi connectivity index (χ0v) is 14.2. The fraction of sp³-hybridized carbons (Fsp3) is 0.235. The molecule has 1 aliphatic heterocycles. The van der Waals surface area contributed by atoms with Gasteiger partial charge in [-0.25, -0.2) is 8.78 Å². The molecule has 1 fully saturated rings. The third-order valence-corrected chi connectivity index (χ3v) is 4.36. The predicted molar refractivity (Wildman–Crippen MR) is 93.9 cm³/mol. The van der Waals surface area contributed by atoms with E-state index in [1.54, 1.807) is 36.4 Å². The van der Waals surface area contributed by atoms with Gasteiger partial charge in [0.1, 0.15) is 12.2 Å². The van der Waals surface area contributed by atoms with Crippen molar-refractivity contribution in [1.82, 2.24) is 0 Å². The van der Waals surface area contributed by atoms with Crippen LogP contribution in [0.5, 0.6) is 0 Å². The Morgan fingerprint density at radius 3 is 2.50 bits per heavy atom. The summed E-state index contributed by atoms with van der Waals surface area (Å²) in [4.78, 5) is 12.9. The normalized spacial score (nSPS) is 19.9. The van der Waals surface area contributed by atoms with Crippen molar-refractivity contribution >= 4 is 35.6 Å². The number of carbonyl (C=O) groups excluding carboxylic acids is 1. The molecule has 2 unspecified atom stereocenters. The lowest BCUT2D eigenvalue weighted by Gasteiger charge is -2.25. The average Bonchev–Trinajstić information content (AvgIpc) is 2.90. The second kappa shape index (κ2) is 7.36. The largest absolute Gasteiger partial charge is 0.368 e. The molecule has 1 amide bonds. The summed E-state index contributed by atoms with van der Waals surface area (Å²) in [5.41, 5.74) is 6.32. The van der Waals surface area contributed by atoms with Crippen LogP contribution in [0.25, 0.3) is 11.1 Å². The molecule has 128 valence electrons. The first-order valence-corrected chi connectivity index (χ1v) is 7.60. The van der Waals surface area contributed by atoms with E-state index in [2.05, 4.69) is 0 Å². The molecule has 3 nitrogen and oxygen atoms in total. The second-order valence-electron chi connectivity index (χ2n) is 5.52. The highest BCUT2D eigenvalue weighted by Gasteiger charge is 2.37. The van der Waals surface area contributed by atoms with Crippen LogP contribution in [-0.2, 0) is 4.79 Å².